The summed E-state index contributed by atoms with van der Waals surface area (Å²) in [7, 11) is 0. The van der Waals surface area contributed by atoms with E-state index in [2.05, 4.69) is 68.8 Å². The van der Waals surface area contributed by atoms with Gasteiger partial charge in [0.05, 0.1) is 0 Å². The van der Waals surface area contributed by atoms with Gasteiger partial charge in [0, 0.05) is 6.42 Å². The van der Waals surface area contributed by atoms with Crippen molar-refractivity contribution in [3.63, 3.8) is 0 Å². The number of rotatable bonds is 8. The molecule has 0 N–H and O–H groups in total. The molecule has 2 aromatic rings. The van der Waals surface area contributed by atoms with Crippen LogP contribution in [0.4, 0.5) is 0 Å². The molecular formula is C21H27. The molecule has 0 spiro atoms. The topological polar surface area (TPSA) is 0 Å². The third-order valence-electron chi connectivity index (χ3n) is 4.02. The average Bonchev–Trinajstić information content (AvgIpc) is 2.53. The first-order valence-corrected chi connectivity index (χ1v) is 8.35. The predicted molar refractivity (Wildman–Crippen MR) is 92.6 cm³/mol. The minimum absolute atomic E-state index is 1.18. The molecule has 111 valence electrons. The zero-order valence-corrected chi connectivity index (χ0v) is 13.4. The zero-order valence-electron chi connectivity index (χ0n) is 13.4. The minimum atomic E-state index is 1.18. The van der Waals surface area contributed by atoms with Crippen molar-refractivity contribution >= 4 is 0 Å². The van der Waals surface area contributed by atoms with E-state index in [4.69, 9.17) is 0 Å². The Morgan fingerprint density at radius 3 is 1.52 bits per heavy atom. The van der Waals surface area contributed by atoms with Gasteiger partial charge in [-0.2, -0.15) is 0 Å². The highest BCUT2D eigenvalue weighted by molar-refractivity contribution is 5.45. The maximum Gasteiger partial charge on any atom is 0.0204 e. The van der Waals surface area contributed by atoms with Crippen molar-refractivity contribution in [2.24, 2.45) is 0 Å². The molecule has 0 nitrogen and oxygen atoms in total. The van der Waals surface area contributed by atoms with Crippen LogP contribution in [0.1, 0.15) is 61.8 Å². The average molecular weight is 279 g/mol. The van der Waals surface area contributed by atoms with Gasteiger partial charge in [0.2, 0.25) is 0 Å². The first-order valence-electron chi connectivity index (χ1n) is 8.35. The molecule has 1 radical (unpaired) electrons. The van der Waals surface area contributed by atoms with Gasteiger partial charge in [0.1, 0.15) is 0 Å². The third-order valence-corrected chi connectivity index (χ3v) is 4.02. The van der Waals surface area contributed by atoms with Crippen LogP contribution in [-0.2, 0) is 12.8 Å². The van der Waals surface area contributed by atoms with Crippen molar-refractivity contribution in [2.75, 3.05) is 0 Å². The fourth-order valence-electron chi connectivity index (χ4n) is 2.71. The fraction of sp³-hybridized carbons (Fsp3) is 0.381. The lowest BCUT2D eigenvalue weighted by Gasteiger charge is -2.12. The van der Waals surface area contributed by atoms with Crippen LogP contribution in [0.2, 0.25) is 0 Å². The Hall–Kier alpha value is -1.56. The Bertz CT molecular complexity index is 490. The van der Waals surface area contributed by atoms with Gasteiger partial charge in [0.15, 0.2) is 0 Å². The molecule has 0 heteroatoms. The second-order valence-corrected chi connectivity index (χ2v) is 5.75. The van der Waals surface area contributed by atoms with Crippen molar-refractivity contribution in [2.45, 2.75) is 52.4 Å². The zero-order chi connectivity index (χ0) is 14.9. The molecule has 0 atom stereocenters. The molecule has 0 bridgehead atoms. The van der Waals surface area contributed by atoms with Gasteiger partial charge in [-0.3, -0.25) is 0 Å². The van der Waals surface area contributed by atoms with Crippen molar-refractivity contribution in [1.82, 2.24) is 0 Å². The van der Waals surface area contributed by atoms with E-state index in [-0.39, 0.29) is 0 Å². The summed E-state index contributed by atoms with van der Waals surface area (Å²) in [5.74, 6) is 0. The molecule has 21 heavy (non-hydrogen) atoms. The number of unbranched alkanes of at least 4 members (excludes halogenated alkanes) is 2. The molecule has 0 fully saturated rings. The van der Waals surface area contributed by atoms with Crippen LogP contribution in [0.25, 0.3) is 0 Å². The second kappa shape index (κ2) is 8.67. The highest BCUT2D eigenvalue weighted by Crippen LogP contribution is 2.22. The van der Waals surface area contributed by atoms with Crippen molar-refractivity contribution in [3.05, 3.63) is 77.2 Å². The van der Waals surface area contributed by atoms with Gasteiger partial charge in [-0.15, -0.1) is 0 Å². The van der Waals surface area contributed by atoms with E-state index in [1.54, 1.807) is 0 Å². The van der Waals surface area contributed by atoms with Gasteiger partial charge in [-0.25, -0.2) is 0 Å². The van der Waals surface area contributed by atoms with Gasteiger partial charge in [-0.1, -0.05) is 75.2 Å². The molecule has 2 rings (SSSR count). The third kappa shape index (κ3) is 4.74. The molecular weight excluding hydrogens is 252 g/mol. The summed E-state index contributed by atoms with van der Waals surface area (Å²) in [6.45, 7) is 4.51. The van der Waals surface area contributed by atoms with E-state index >= 15 is 0 Å². The molecule has 0 aliphatic carbocycles. The Kier molecular flexibility index (Phi) is 6.53. The number of hydrogen-bond donors (Lipinski definition) is 0. The maximum absolute atomic E-state index is 2.37. The van der Waals surface area contributed by atoms with Crippen LogP contribution in [0, 0.1) is 6.42 Å². The Morgan fingerprint density at radius 1 is 0.667 bits per heavy atom. The molecule has 0 amide bonds. The molecule has 0 aliphatic heterocycles. The van der Waals surface area contributed by atoms with E-state index in [1.165, 1.54) is 60.8 Å². The quantitative estimate of drug-likeness (QED) is 0.558. The molecule has 0 saturated carbocycles. The highest BCUT2D eigenvalue weighted by Gasteiger charge is 2.07. The number of hydrogen-bond acceptors (Lipinski definition) is 0. The monoisotopic (exact) mass is 279 g/mol. The highest BCUT2D eigenvalue weighted by atomic mass is 14.1. The Balaban J connectivity index is 2.18. The van der Waals surface area contributed by atoms with Crippen molar-refractivity contribution in [1.29, 1.82) is 0 Å². The van der Waals surface area contributed by atoms with Crippen LogP contribution in [0.3, 0.4) is 0 Å². The fourth-order valence-corrected chi connectivity index (χ4v) is 2.71. The van der Waals surface area contributed by atoms with Gasteiger partial charge in [-0.05, 0) is 47.9 Å². The lowest BCUT2D eigenvalue weighted by Crippen LogP contribution is -1.97. The first kappa shape index (κ1) is 15.8. The largest absolute Gasteiger partial charge is 0.0654 e. The lowest BCUT2D eigenvalue weighted by molar-refractivity contribution is 0.788. The maximum atomic E-state index is 2.37. The van der Waals surface area contributed by atoms with Crippen LogP contribution in [0.5, 0.6) is 0 Å². The normalized spacial score (nSPS) is 10.8. The van der Waals surface area contributed by atoms with E-state index < -0.39 is 0 Å². The summed E-state index contributed by atoms with van der Waals surface area (Å²) in [5.41, 5.74) is 5.72. The molecule has 0 heterocycles. The molecule has 0 aliphatic rings. The van der Waals surface area contributed by atoms with Crippen LogP contribution in [-0.4, -0.2) is 0 Å². The van der Waals surface area contributed by atoms with Crippen LogP contribution < -0.4 is 0 Å². The summed E-state index contributed by atoms with van der Waals surface area (Å²) in [5, 5.41) is 0. The van der Waals surface area contributed by atoms with E-state index in [0.717, 1.165) is 0 Å². The Morgan fingerprint density at radius 2 is 1.10 bits per heavy atom. The van der Waals surface area contributed by atoms with Gasteiger partial charge in [0.25, 0.3) is 0 Å². The first-order chi connectivity index (χ1) is 10.3. The molecule has 2 aromatic carbocycles. The summed E-state index contributed by atoms with van der Waals surface area (Å²) in [6.07, 6.45) is 9.77. The van der Waals surface area contributed by atoms with E-state index in [1.807, 2.05) is 0 Å². The predicted octanol–water partition coefficient (Wildman–Crippen LogP) is 5.97. The van der Waals surface area contributed by atoms with Crippen LogP contribution >= 0.6 is 0 Å². The van der Waals surface area contributed by atoms with Gasteiger partial charge < -0.3 is 0 Å². The molecule has 0 unspecified atom stereocenters. The second-order valence-electron chi connectivity index (χ2n) is 5.75. The summed E-state index contributed by atoms with van der Waals surface area (Å²) in [6, 6.07) is 17.7. The summed E-state index contributed by atoms with van der Waals surface area (Å²) in [4.78, 5) is 0. The Labute approximate surface area is 130 Å². The SMILES string of the molecule is CCCCc1ccccc1[CH]c1ccccc1CCCC. The minimum Gasteiger partial charge on any atom is -0.0654 e. The number of aryl methyl sites for hydroxylation is 2. The summed E-state index contributed by atoms with van der Waals surface area (Å²) >= 11 is 0. The van der Waals surface area contributed by atoms with Crippen LogP contribution in [0.15, 0.2) is 48.5 Å². The van der Waals surface area contributed by atoms with Gasteiger partial charge >= 0.3 is 0 Å². The van der Waals surface area contributed by atoms with Crippen molar-refractivity contribution in [3.8, 4) is 0 Å². The van der Waals surface area contributed by atoms with Crippen molar-refractivity contribution < 1.29 is 0 Å². The molecule has 0 saturated heterocycles. The van der Waals surface area contributed by atoms with E-state index in [0.29, 0.717) is 0 Å². The smallest absolute Gasteiger partial charge is 0.0204 e. The van der Waals surface area contributed by atoms with E-state index in [9.17, 15) is 0 Å². The molecule has 0 aromatic heterocycles. The summed E-state index contributed by atoms with van der Waals surface area (Å²) < 4.78 is 0. The lowest BCUT2D eigenvalue weighted by atomic mass is 9.93. The number of benzene rings is 2. The standard InChI is InChI=1S/C21H27/c1-3-5-11-18-13-7-9-15-20(18)17-21-16-10-8-14-19(21)12-6-4-2/h7-10,13-17H,3-6,11-12H2,1-2H3.